The fraction of sp³-hybridized carbons (Fsp3) is 0.571. The van der Waals surface area contributed by atoms with Gasteiger partial charge in [-0.1, -0.05) is 26.3 Å². The Bertz CT molecular complexity index is 365. The number of halogens is 1. The normalized spacial score (nSPS) is 14.5. The minimum absolute atomic E-state index is 0.269. The minimum Gasteiger partial charge on any atom is -0.389 e. The highest BCUT2D eigenvalue weighted by Crippen LogP contribution is 2.23. The number of hydrogen-bond acceptors (Lipinski definition) is 2. The lowest BCUT2D eigenvalue weighted by Crippen LogP contribution is -2.24. The summed E-state index contributed by atoms with van der Waals surface area (Å²) in [5.74, 6) is 0.269. The van der Waals surface area contributed by atoms with E-state index in [-0.39, 0.29) is 5.82 Å². The van der Waals surface area contributed by atoms with Crippen molar-refractivity contribution in [3.8, 4) is 0 Å². The van der Waals surface area contributed by atoms with E-state index in [1.807, 2.05) is 11.9 Å². The molecule has 0 aliphatic carbocycles. The largest absolute Gasteiger partial charge is 0.389 e. The van der Waals surface area contributed by atoms with Crippen molar-refractivity contribution < 1.29 is 9.50 Å². The van der Waals surface area contributed by atoms with E-state index in [1.54, 1.807) is 19.1 Å². The third-order valence-electron chi connectivity index (χ3n) is 3.15. The zero-order chi connectivity index (χ0) is 13.0. The maximum absolute atomic E-state index is 13.9. The Morgan fingerprint density at radius 2 is 2.00 bits per heavy atom. The Hall–Kier alpha value is -1.09. The SMILES string of the molecule is CCC(C)CN(C)c1ccc([C@H](C)O)cc1F. The number of nitrogens with zero attached hydrogens (tertiary/aromatic N) is 1. The van der Waals surface area contributed by atoms with Gasteiger partial charge in [-0.3, -0.25) is 0 Å². The van der Waals surface area contributed by atoms with Crippen molar-refractivity contribution in [1.29, 1.82) is 0 Å². The van der Waals surface area contributed by atoms with Gasteiger partial charge in [0, 0.05) is 13.6 Å². The standard InChI is InChI=1S/C14H22FNO/c1-5-10(2)9-16(4)14-7-6-12(11(3)17)8-13(14)15/h6-8,10-11,17H,5,9H2,1-4H3/t10?,11-/m0/s1. The molecule has 0 amide bonds. The van der Waals surface area contributed by atoms with Crippen molar-refractivity contribution in [3.63, 3.8) is 0 Å². The van der Waals surface area contributed by atoms with Gasteiger partial charge in [0.15, 0.2) is 0 Å². The molecule has 0 aromatic heterocycles. The molecule has 1 rings (SSSR count). The Morgan fingerprint density at radius 1 is 1.35 bits per heavy atom. The van der Waals surface area contributed by atoms with Gasteiger partial charge in [-0.25, -0.2) is 4.39 Å². The second kappa shape index (κ2) is 6.01. The van der Waals surface area contributed by atoms with Crippen LogP contribution in [0.25, 0.3) is 0 Å². The van der Waals surface area contributed by atoms with Gasteiger partial charge in [0.1, 0.15) is 5.82 Å². The van der Waals surface area contributed by atoms with Crippen LogP contribution in [0, 0.1) is 11.7 Å². The molecule has 0 fully saturated rings. The van der Waals surface area contributed by atoms with Crippen LogP contribution in [-0.2, 0) is 0 Å². The number of anilines is 1. The first kappa shape index (κ1) is 14.0. The molecule has 1 N–H and O–H groups in total. The molecule has 0 aliphatic heterocycles. The third-order valence-corrected chi connectivity index (χ3v) is 3.15. The molecule has 1 unspecified atom stereocenters. The summed E-state index contributed by atoms with van der Waals surface area (Å²) in [5, 5.41) is 9.38. The molecular formula is C14H22FNO. The van der Waals surface area contributed by atoms with Crippen LogP contribution in [-0.4, -0.2) is 18.7 Å². The van der Waals surface area contributed by atoms with E-state index in [2.05, 4.69) is 13.8 Å². The van der Waals surface area contributed by atoms with Crippen LogP contribution in [0.1, 0.15) is 38.9 Å². The Kier molecular flexibility index (Phi) is 4.94. The highest BCUT2D eigenvalue weighted by Gasteiger charge is 2.12. The van der Waals surface area contributed by atoms with Crippen LogP contribution in [0.15, 0.2) is 18.2 Å². The summed E-state index contributed by atoms with van der Waals surface area (Å²) in [6.45, 7) is 6.75. The molecular weight excluding hydrogens is 217 g/mol. The topological polar surface area (TPSA) is 23.5 Å². The molecule has 2 nitrogen and oxygen atoms in total. The van der Waals surface area contributed by atoms with Gasteiger partial charge in [0.05, 0.1) is 11.8 Å². The van der Waals surface area contributed by atoms with Crippen LogP contribution in [0.4, 0.5) is 10.1 Å². The zero-order valence-corrected chi connectivity index (χ0v) is 11.1. The Labute approximate surface area is 103 Å². The van der Waals surface area contributed by atoms with Crippen LogP contribution >= 0.6 is 0 Å². The fourth-order valence-corrected chi connectivity index (χ4v) is 1.79. The summed E-state index contributed by atoms with van der Waals surface area (Å²) in [6, 6.07) is 4.92. The van der Waals surface area contributed by atoms with Crippen molar-refractivity contribution in [2.45, 2.75) is 33.3 Å². The van der Waals surface area contributed by atoms with Crippen molar-refractivity contribution in [2.24, 2.45) is 5.92 Å². The number of aliphatic hydroxyl groups is 1. The maximum atomic E-state index is 13.9. The zero-order valence-electron chi connectivity index (χ0n) is 11.1. The highest BCUT2D eigenvalue weighted by molar-refractivity contribution is 5.48. The molecule has 0 radical (unpaired) electrons. The van der Waals surface area contributed by atoms with Crippen molar-refractivity contribution in [2.75, 3.05) is 18.5 Å². The molecule has 0 heterocycles. The summed E-state index contributed by atoms with van der Waals surface area (Å²) in [4.78, 5) is 1.93. The number of hydrogen-bond donors (Lipinski definition) is 1. The predicted molar refractivity (Wildman–Crippen MR) is 69.8 cm³/mol. The quantitative estimate of drug-likeness (QED) is 0.851. The molecule has 0 bridgehead atoms. The maximum Gasteiger partial charge on any atom is 0.146 e. The third kappa shape index (κ3) is 3.70. The number of benzene rings is 1. The first-order valence-corrected chi connectivity index (χ1v) is 6.14. The lowest BCUT2D eigenvalue weighted by Gasteiger charge is -2.23. The number of aliphatic hydroxyl groups excluding tert-OH is 1. The molecule has 96 valence electrons. The minimum atomic E-state index is -0.626. The molecule has 17 heavy (non-hydrogen) atoms. The van der Waals surface area contributed by atoms with E-state index in [0.717, 1.165) is 13.0 Å². The molecule has 0 saturated carbocycles. The van der Waals surface area contributed by atoms with E-state index in [4.69, 9.17) is 0 Å². The average Bonchev–Trinajstić information content (AvgIpc) is 2.28. The molecule has 0 aliphatic rings. The molecule has 0 spiro atoms. The van der Waals surface area contributed by atoms with Crippen molar-refractivity contribution in [1.82, 2.24) is 0 Å². The van der Waals surface area contributed by atoms with E-state index in [9.17, 15) is 9.50 Å². The van der Waals surface area contributed by atoms with Gasteiger partial charge in [0.25, 0.3) is 0 Å². The number of rotatable bonds is 5. The van der Waals surface area contributed by atoms with Gasteiger partial charge >= 0.3 is 0 Å². The molecule has 0 saturated heterocycles. The van der Waals surface area contributed by atoms with Gasteiger partial charge in [-0.15, -0.1) is 0 Å². The van der Waals surface area contributed by atoms with Crippen LogP contribution in [0.2, 0.25) is 0 Å². The smallest absolute Gasteiger partial charge is 0.146 e. The monoisotopic (exact) mass is 239 g/mol. The van der Waals surface area contributed by atoms with Crippen LogP contribution in [0.3, 0.4) is 0 Å². The summed E-state index contributed by atoms with van der Waals surface area (Å²) in [6.07, 6.45) is 0.455. The van der Waals surface area contributed by atoms with Gasteiger partial charge in [-0.05, 0) is 30.5 Å². The van der Waals surface area contributed by atoms with E-state index < -0.39 is 6.10 Å². The molecule has 2 atom stereocenters. The first-order chi connectivity index (χ1) is 7.95. The summed E-state index contributed by atoms with van der Waals surface area (Å²) in [7, 11) is 1.90. The Balaban J connectivity index is 2.84. The lowest BCUT2D eigenvalue weighted by molar-refractivity contribution is 0.199. The fourth-order valence-electron chi connectivity index (χ4n) is 1.79. The first-order valence-electron chi connectivity index (χ1n) is 6.14. The van der Waals surface area contributed by atoms with E-state index in [0.29, 0.717) is 17.2 Å². The van der Waals surface area contributed by atoms with Crippen molar-refractivity contribution in [3.05, 3.63) is 29.6 Å². The molecule has 3 heteroatoms. The predicted octanol–water partition coefficient (Wildman–Crippen LogP) is 3.36. The van der Waals surface area contributed by atoms with Crippen LogP contribution < -0.4 is 4.90 Å². The lowest BCUT2D eigenvalue weighted by atomic mass is 10.1. The molecule has 1 aromatic carbocycles. The second-order valence-corrected chi connectivity index (χ2v) is 4.78. The van der Waals surface area contributed by atoms with Crippen LogP contribution in [0.5, 0.6) is 0 Å². The second-order valence-electron chi connectivity index (χ2n) is 4.78. The highest BCUT2D eigenvalue weighted by atomic mass is 19.1. The van der Waals surface area contributed by atoms with E-state index in [1.165, 1.54) is 6.07 Å². The van der Waals surface area contributed by atoms with Gasteiger partial charge in [0.2, 0.25) is 0 Å². The summed E-state index contributed by atoms with van der Waals surface area (Å²) >= 11 is 0. The van der Waals surface area contributed by atoms with E-state index >= 15 is 0 Å². The Morgan fingerprint density at radius 3 is 2.47 bits per heavy atom. The van der Waals surface area contributed by atoms with Crippen molar-refractivity contribution >= 4 is 5.69 Å². The molecule has 1 aromatic rings. The average molecular weight is 239 g/mol. The van der Waals surface area contributed by atoms with Gasteiger partial charge < -0.3 is 10.0 Å². The van der Waals surface area contributed by atoms with Gasteiger partial charge in [-0.2, -0.15) is 0 Å². The summed E-state index contributed by atoms with van der Waals surface area (Å²) in [5.41, 5.74) is 1.21. The summed E-state index contributed by atoms with van der Waals surface area (Å²) < 4.78 is 13.9.